The molecule has 2 N–H and O–H groups in total. The Bertz CT molecular complexity index is 534. The number of hydrogen-bond donors (Lipinski definition) is 0. The first-order chi connectivity index (χ1) is 7.06. The quantitative estimate of drug-likeness (QED) is 0.563. The Kier molecular flexibility index (Phi) is 6.66. The van der Waals surface area contributed by atoms with Crippen LogP contribution in [0.15, 0.2) is 42.5 Å². The minimum absolute atomic E-state index is 0. The van der Waals surface area contributed by atoms with Crippen LogP contribution in [0.5, 0.6) is 5.75 Å². The summed E-state index contributed by atoms with van der Waals surface area (Å²) >= 11 is 0. The van der Waals surface area contributed by atoms with Crippen LogP contribution < -0.4 is 14.3 Å². The molecule has 2 rings (SSSR count). The topological polar surface area (TPSA) is 104 Å². The molecule has 0 amide bonds. The first-order valence-electron chi connectivity index (χ1n) is 4.26. The van der Waals surface area contributed by atoms with E-state index < -0.39 is 7.82 Å². The summed E-state index contributed by atoms with van der Waals surface area (Å²) in [5.74, 6) is 0.0708. The summed E-state index contributed by atoms with van der Waals surface area (Å²) in [5, 5.41) is 1.43. The third-order valence-corrected chi connectivity index (χ3v) is 2.38. The Morgan fingerprint density at radius 3 is 2.24 bits per heavy atom. The minimum atomic E-state index is -4.99. The molecule has 0 saturated carbocycles. The summed E-state index contributed by atoms with van der Waals surface area (Å²) < 4.78 is 14.9. The number of hydrogen-bond acceptors (Lipinski definition) is 4. The molecule has 2 aromatic rings. The van der Waals surface area contributed by atoms with E-state index in [0.717, 1.165) is 5.39 Å². The predicted octanol–water partition coefficient (Wildman–Crippen LogP) is -0.158. The minimum Gasteiger partial charge on any atom is -0.780 e. The summed E-state index contributed by atoms with van der Waals surface area (Å²) in [4.78, 5) is 21.0. The molecule has 0 unspecified atom stereocenters. The van der Waals surface area contributed by atoms with E-state index in [0.29, 0.717) is 5.39 Å². The standard InChI is InChI=1S/C10H9O4P.Ca.H2O/c11-15(12,13)14-10-7-3-5-8-4-1-2-6-9(8)10;;/h1-7H,(H2,11,12,13);;1H2/q;+2;/p-2. The number of benzene rings is 2. The maximum absolute atomic E-state index is 10.5. The van der Waals surface area contributed by atoms with Gasteiger partial charge < -0.3 is 24.4 Å². The van der Waals surface area contributed by atoms with Gasteiger partial charge >= 0.3 is 37.7 Å². The van der Waals surface area contributed by atoms with E-state index in [1.807, 2.05) is 18.2 Å². The first kappa shape index (κ1) is 16.9. The van der Waals surface area contributed by atoms with Crippen molar-refractivity contribution in [2.75, 3.05) is 0 Å². The van der Waals surface area contributed by atoms with E-state index in [9.17, 15) is 14.4 Å². The molecule has 0 spiro atoms. The molecule has 0 fully saturated rings. The van der Waals surface area contributed by atoms with Gasteiger partial charge in [0.05, 0.1) is 0 Å². The van der Waals surface area contributed by atoms with Crippen LogP contribution in [0.3, 0.4) is 0 Å². The monoisotopic (exact) mass is 280 g/mol. The maximum Gasteiger partial charge on any atom is 2.00 e. The summed E-state index contributed by atoms with van der Waals surface area (Å²) in [5.41, 5.74) is 0. The molecule has 0 radical (unpaired) electrons. The smallest absolute Gasteiger partial charge is 0.780 e. The molecule has 0 aliphatic heterocycles. The summed E-state index contributed by atoms with van der Waals surface area (Å²) in [7, 11) is -4.99. The van der Waals surface area contributed by atoms with Gasteiger partial charge in [-0.3, -0.25) is 0 Å². The maximum atomic E-state index is 10.5. The summed E-state index contributed by atoms with van der Waals surface area (Å²) in [6.45, 7) is 0. The molecule has 0 aromatic heterocycles. The van der Waals surface area contributed by atoms with Crippen molar-refractivity contribution in [2.24, 2.45) is 0 Å². The molecule has 2 aromatic carbocycles. The number of phosphoric acid groups is 1. The number of phosphoric ester groups is 1. The molecular weight excluding hydrogens is 271 g/mol. The first-order valence-corrected chi connectivity index (χ1v) is 5.72. The molecule has 0 atom stereocenters. The summed E-state index contributed by atoms with van der Waals surface area (Å²) in [6.07, 6.45) is 0. The second kappa shape index (κ2) is 6.71. The van der Waals surface area contributed by atoms with Crippen LogP contribution in [0.1, 0.15) is 0 Å². The van der Waals surface area contributed by atoms with Crippen LogP contribution >= 0.6 is 7.82 Å². The third-order valence-electron chi connectivity index (χ3n) is 1.96. The van der Waals surface area contributed by atoms with Crippen molar-refractivity contribution in [3.05, 3.63) is 42.5 Å². The fourth-order valence-corrected chi connectivity index (χ4v) is 1.80. The van der Waals surface area contributed by atoms with Crippen LogP contribution in [0, 0.1) is 0 Å². The van der Waals surface area contributed by atoms with Crippen molar-refractivity contribution in [2.45, 2.75) is 0 Å². The predicted molar refractivity (Wildman–Crippen MR) is 61.6 cm³/mol. The van der Waals surface area contributed by atoms with Crippen molar-refractivity contribution in [3.63, 3.8) is 0 Å². The van der Waals surface area contributed by atoms with E-state index in [1.54, 1.807) is 18.2 Å². The van der Waals surface area contributed by atoms with Crippen LogP contribution in [0.2, 0.25) is 0 Å². The Morgan fingerprint density at radius 1 is 1.00 bits per heavy atom. The van der Waals surface area contributed by atoms with Crippen LogP contribution in [0.4, 0.5) is 0 Å². The van der Waals surface area contributed by atoms with Crippen LogP contribution in [-0.4, -0.2) is 43.2 Å². The largest absolute Gasteiger partial charge is 2.00 e. The molecule has 0 aliphatic carbocycles. The van der Waals surface area contributed by atoms with Crippen LogP contribution in [-0.2, 0) is 4.57 Å². The third kappa shape index (κ3) is 4.56. The number of rotatable bonds is 2. The molecular formula is C10H9CaO5P. The van der Waals surface area contributed by atoms with Gasteiger partial charge in [0.1, 0.15) is 13.6 Å². The SMILES string of the molecule is O.O=P([O-])([O-])Oc1cccc2ccccc12.[Ca+2]. The van der Waals surface area contributed by atoms with Gasteiger partial charge in [-0.25, -0.2) is 0 Å². The van der Waals surface area contributed by atoms with E-state index in [2.05, 4.69) is 4.52 Å². The van der Waals surface area contributed by atoms with Gasteiger partial charge in [0.15, 0.2) is 0 Å². The molecule has 0 heterocycles. The molecule has 0 bridgehead atoms. The van der Waals surface area contributed by atoms with Gasteiger partial charge in [-0.15, -0.1) is 0 Å². The fraction of sp³-hybridized carbons (Fsp3) is 0. The Hall–Kier alpha value is -0.130. The van der Waals surface area contributed by atoms with Gasteiger partial charge in [-0.2, -0.15) is 0 Å². The zero-order valence-electron chi connectivity index (χ0n) is 8.83. The van der Waals surface area contributed by atoms with Crippen molar-refractivity contribution in [1.82, 2.24) is 0 Å². The molecule has 17 heavy (non-hydrogen) atoms. The van der Waals surface area contributed by atoms with Gasteiger partial charge in [-0.05, 0) is 11.5 Å². The normalized spacial score (nSPS) is 10.2. The van der Waals surface area contributed by atoms with Crippen molar-refractivity contribution >= 4 is 56.3 Å². The molecule has 0 saturated heterocycles. The van der Waals surface area contributed by atoms with E-state index in [1.165, 1.54) is 6.07 Å². The summed E-state index contributed by atoms with van der Waals surface area (Å²) in [6, 6.07) is 12.0. The van der Waals surface area contributed by atoms with Gasteiger partial charge in [0, 0.05) is 5.39 Å². The van der Waals surface area contributed by atoms with Gasteiger partial charge in [-0.1, -0.05) is 36.4 Å². The zero-order chi connectivity index (χ0) is 10.9. The Balaban J connectivity index is 0.00000128. The van der Waals surface area contributed by atoms with Crippen molar-refractivity contribution in [3.8, 4) is 5.75 Å². The average Bonchev–Trinajstić information content (AvgIpc) is 2.16. The number of fused-ring (bicyclic) bond motifs is 1. The van der Waals surface area contributed by atoms with Gasteiger partial charge in [0.2, 0.25) is 0 Å². The van der Waals surface area contributed by atoms with Crippen molar-refractivity contribution in [1.29, 1.82) is 0 Å². The second-order valence-corrected chi connectivity index (χ2v) is 4.09. The Labute approximate surface area is 128 Å². The van der Waals surface area contributed by atoms with E-state index in [4.69, 9.17) is 0 Å². The van der Waals surface area contributed by atoms with E-state index >= 15 is 0 Å². The van der Waals surface area contributed by atoms with E-state index in [-0.39, 0.29) is 49.0 Å². The second-order valence-electron chi connectivity index (χ2n) is 3.02. The van der Waals surface area contributed by atoms with Crippen LogP contribution in [0.25, 0.3) is 10.8 Å². The zero-order valence-corrected chi connectivity index (χ0v) is 11.9. The molecule has 7 heteroatoms. The van der Waals surface area contributed by atoms with Gasteiger partial charge in [0.25, 0.3) is 0 Å². The fourth-order valence-electron chi connectivity index (χ4n) is 1.40. The Morgan fingerprint density at radius 2 is 1.59 bits per heavy atom. The van der Waals surface area contributed by atoms with Crippen molar-refractivity contribution < 1.29 is 24.4 Å². The molecule has 0 aliphatic rings. The molecule has 5 nitrogen and oxygen atoms in total. The average molecular weight is 280 g/mol. The molecule has 86 valence electrons.